The number of piperidine rings is 3. The number of amides is 1. The van der Waals surface area contributed by atoms with Crippen molar-refractivity contribution in [3.05, 3.63) is 107 Å². The molecule has 3 aliphatic rings. The van der Waals surface area contributed by atoms with Crippen LogP contribution in [0.15, 0.2) is 84.9 Å². The van der Waals surface area contributed by atoms with Gasteiger partial charge in [-0.15, -0.1) is 0 Å². The van der Waals surface area contributed by atoms with Crippen LogP contribution in [0.25, 0.3) is 0 Å². The first kappa shape index (κ1) is 25.2. The number of fused-ring (bicyclic) bond motifs is 3. The summed E-state index contributed by atoms with van der Waals surface area (Å²) in [4.78, 5) is 39.5. The van der Waals surface area contributed by atoms with E-state index in [-0.39, 0.29) is 23.7 Å². The Kier molecular flexibility index (Phi) is 7.40. The lowest BCUT2D eigenvalue weighted by molar-refractivity contribution is -0.938. The van der Waals surface area contributed by atoms with Gasteiger partial charge < -0.3 is 14.5 Å². The van der Waals surface area contributed by atoms with E-state index in [9.17, 15) is 14.4 Å². The number of hydrogen-bond donors (Lipinski definition) is 1. The Morgan fingerprint density at radius 3 is 2.08 bits per heavy atom. The van der Waals surface area contributed by atoms with Gasteiger partial charge >= 0.3 is 5.97 Å². The van der Waals surface area contributed by atoms with Crippen LogP contribution in [0.5, 0.6) is 0 Å². The predicted octanol–water partition coefficient (Wildman–Crippen LogP) is 4.85. The molecule has 0 aliphatic carbocycles. The summed E-state index contributed by atoms with van der Waals surface area (Å²) in [6.07, 6.45) is 1.51. The lowest BCUT2D eigenvalue weighted by Crippen LogP contribution is -2.66. The number of Topliss-reactive ketones (excluding diaryl/α,β-unsaturated/α-hetero) is 1. The van der Waals surface area contributed by atoms with Gasteiger partial charge in [-0.1, -0.05) is 72.3 Å². The average molecular weight is 518 g/mol. The molecule has 3 aromatic rings. The lowest BCUT2D eigenvalue weighted by atomic mass is 9.82. The van der Waals surface area contributed by atoms with Crippen LogP contribution in [0.3, 0.4) is 0 Å². The number of rotatable bonds is 8. The number of halogens is 1. The highest BCUT2D eigenvalue weighted by Crippen LogP contribution is 2.36. The highest BCUT2D eigenvalue weighted by molar-refractivity contribution is 6.30. The molecule has 0 saturated carbocycles. The summed E-state index contributed by atoms with van der Waals surface area (Å²) in [6.45, 7) is 2.82. The number of carbonyl (C=O) groups excluding carboxylic acids is 3. The Balaban J connectivity index is 1.32. The molecule has 3 aliphatic heterocycles. The van der Waals surface area contributed by atoms with Crippen molar-refractivity contribution in [2.75, 3.05) is 26.2 Å². The SMILES string of the molecule is O=C(C[N+]12CCC(CC1)C(OC(=O)C(NC(=O)c1ccccc1)c1ccc(Cl)cc1)C2)c1ccccc1. The second-order valence-corrected chi connectivity index (χ2v) is 10.5. The molecule has 190 valence electrons. The smallest absolute Gasteiger partial charge is 0.333 e. The van der Waals surface area contributed by atoms with Crippen LogP contribution in [0.4, 0.5) is 0 Å². The minimum Gasteiger partial charge on any atom is -0.454 e. The fourth-order valence-corrected chi connectivity index (χ4v) is 5.68. The van der Waals surface area contributed by atoms with E-state index in [1.807, 2.05) is 36.4 Å². The Bertz CT molecular complexity index is 1260. The molecule has 3 heterocycles. The van der Waals surface area contributed by atoms with Gasteiger partial charge in [-0.2, -0.15) is 0 Å². The van der Waals surface area contributed by atoms with Crippen LogP contribution in [0, 0.1) is 5.92 Å². The van der Waals surface area contributed by atoms with Gasteiger partial charge in [0.25, 0.3) is 5.91 Å². The standard InChI is InChI=1S/C30H29ClN2O4/c31-25-13-11-23(12-14-25)28(32-29(35)24-9-5-2-6-10-24)30(36)37-27-20-33(17-15-22(27)16-18-33)19-26(34)21-7-3-1-4-8-21/h1-14,22,27-28H,15-20H2/p+1. The summed E-state index contributed by atoms with van der Waals surface area (Å²) in [7, 11) is 0. The maximum Gasteiger partial charge on any atom is 0.333 e. The molecule has 6 nitrogen and oxygen atoms in total. The summed E-state index contributed by atoms with van der Waals surface area (Å²) in [5.41, 5.74) is 1.77. The molecule has 0 radical (unpaired) electrons. The van der Waals surface area contributed by atoms with E-state index in [0.29, 0.717) is 39.3 Å². The number of hydrogen-bond acceptors (Lipinski definition) is 4. The topological polar surface area (TPSA) is 72.5 Å². The molecule has 3 aromatic carbocycles. The van der Waals surface area contributed by atoms with E-state index >= 15 is 0 Å². The van der Waals surface area contributed by atoms with Crippen molar-refractivity contribution in [3.8, 4) is 0 Å². The summed E-state index contributed by atoms with van der Waals surface area (Å²) >= 11 is 6.06. The van der Waals surface area contributed by atoms with E-state index in [0.717, 1.165) is 25.9 Å². The molecule has 7 heteroatoms. The molecule has 37 heavy (non-hydrogen) atoms. The Morgan fingerprint density at radius 1 is 0.865 bits per heavy atom. The van der Waals surface area contributed by atoms with Gasteiger partial charge in [0.1, 0.15) is 13.1 Å². The minimum atomic E-state index is -0.972. The number of nitrogens with zero attached hydrogens (tertiary/aromatic N) is 1. The number of esters is 1. The third-order valence-corrected chi connectivity index (χ3v) is 7.89. The van der Waals surface area contributed by atoms with Crippen molar-refractivity contribution < 1.29 is 23.6 Å². The van der Waals surface area contributed by atoms with Crippen LogP contribution >= 0.6 is 11.6 Å². The monoisotopic (exact) mass is 517 g/mol. The van der Waals surface area contributed by atoms with E-state index in [4.69, 9.17) is 16.3 Å². The van der Waals surface area contributed by atoms with Crippen LogP contribution < -0.4 is 5.32 Å². The maximum absolute atomic E-state index is 13.5. The highest BCUT2D eigenvalue weighted by atomic mass is 35.5. The van der Waals surface area contributed by atoms with Crippen molar-refractivity contribution in [1.29, 1.82) is 0 Å². The minimum absolute atomic E-state index is 0.111. The van der Waals surface area contributed by atoms with Crippen LogP contribution in [-0.4, -0.2) is 54.4 Å². The van der Waals surface area contributed by atoms with Crippen molar-refractivity contribution in [1.82, 2.24) is 5.32 Å². The van der Waals surface area contributed by atoms with Crippen molar-refractivity contribution in [3.63, 3.8) is 0 Å². The molecule has 1 amide bonds. The second-order valence-electron chi connectivity index (χ2n) is 10.1. The van der Waals surface area contributed by atoms with Gasteiger partial charge in [-0.05, 0) is 29.8 Å². The Morgan fingerprint density at radius 2 is 1.46 bits per heavy atom. The number of benzene rings is 3. The zero-order valence-corrected chi connectivity index (χ0v) is 21.3. The van der Waals surface area contributed by atoms with E-state index in [1.54, 1.807) is 48.5 Å². The normalized spacial score (nSPS) is 23.2. The number of ketones is 1. The first-order valence-corrected chi connectivity index (χ1v) is 13.1. The largest absolute Gasteiger partial charge is 0.454 e. The Labute approximate surface area is 221 Å². The third kappa shape index (κ3) is 5.76. The quantitative estimate of drug-likeness (QED) is 0.263. The Hall–Kier alpha value is -3.48. The zero-order valence-electron chi connectivity index (χ0n) is 20.5. The first-order chi connectivity index (χ1) is 17.9. The molecule has 2 atom stereocenters. The second kappa shape index (κ2) is 10.9. The van der Waals surface area contributed by atoms with Crippen LogP contribution in [-0.2, 0) is 9.53 Å². The lowest BCUT2D eigenvalue weighted by Gasteiger charge is -2.51. The predicted molar refractivity (Wildman–Crippen MR) is 141 cm³/mol. The van der Waals surface area contributed by atoms with Gasteiger partial charge in [-0.3, -0.25) is 9.59 Å². The highest BCUT2D eigenvalue weighted by Gasteiger charge is 2.49. The van der Waals surface area contributed by atoms with Gasteiger partial charge in [0, 0.05) is 34.9 Å². The summed E-state index contributed by atoms with van der Waals surface area (Å²) in [5, 5.41) is 3.39. The van der Waals surface area contributed by atoms with Gasteiger partial charge in [0.15, 0.2) is 12.1 Å². The first-order valence-electron chi connectivity index (χ1n) is 12.7. The summed E-state index contributed by atoms with van der Waals surface area (Å²) in [6, 6.07) is 24.0. The molecule has 2 unspecified atom stereocenters. The molecule has 0 spiro atoms. The summed E-state index contributed by atoms with van der Waals surface area (Å²) in [5.74, 6) is -0.493. The molecule has 3 fully saturated rings. The van der Waals surface area contributed by atoms with Crippen molar-refractivity contribution >= 4 is 29.3 Å². The molecular weight excluding hydrogens is 488 g/mol. The number of nitrogens with one attached hydrogen (secondary N) is 1. The van der Waals surface area contributed by atoms with Crippen LogP contribution in [0.1, 0.15) is 45.2 Å². The average Bonchev–Trinajstić information content (AvgIpc) is 2.93. The van der Waals surface area contributed by atoms with Gasteiger partial charge in [-0.25, -0.2) is 4.79 Å². The fourth-order valence-electron chi connectivity index (χ4n) is 5.55. The number of quaternary nitrogens is 1. The van der Waals surface area contributed by atoms with Crippen molar-refractivity contribution in [2.45, 2.75) is 25.0 Å². The van der Waals surface area contributed by atoms with Gasteiger partial charge in [0.2, 0.25) is 5.78 Å². The molecular formula is C30H30ClN2O4+. The van der Waals surface area contributed by atoms with E-state index < -0.39 is 12.0 Å². The summed E-state index contributed by atoms with van der Waals surface area (Å²) < 4.78 is 6.74. The number of carbonyl (C=O) groups is 3. The molecule has 2 bridgehead atoms. The van der Waals surface area contributed by atoms with Crippen molar-refractivity contribution in [2.24, 2.45) is 5.92 Å². The zero-order chi connectivity index (χ0) is 25.8. The van der Waals surface area contributed by atoms with Crippen LogP contribution in [0.2, 0.25) is 5.02 Å². The molecule has 3 saturated heterocycles. The number of ether oxygens (including phenoxy) is 1. The fraction of sp³-hybridized carbons (Fsp3) is 0.300. The third-order valence-electron chi connectivity index (χ3n) is 7.63. The molecule has 1 N–H and O–H groups in total. The van der Waals surface area contributed by atoms with E-state index in [2.05, 4.69) is 5.32 Å². The maximum atomic E-state index is 13.5. The van der Waals surface area contributed by atoms with Gasteiger partial charge in [0.05, 0.1) is 13.1 Å². The molecule has 0 aromatic heterocycles. The molecule has 6 rings (SSSR count). The van der Waals surface area contributed by atoms with E-state index in [1.165, 1.54) is 0 Å².